The molecule has 106 valence electrons. The maximum Gasteiger partial charge on any atom is 0.251 e. The largest absolute Gasteiger partial charge is 0.351 e. The van der Waals surface area contributed by atoms with Gasteiger partial charge in [-0.1, -0.05) is 42.6 Å². The molecule has 19 heavy (non-hydrogen) atoms. The van der Waals surface area contributed by atoms with E-state index in [-0.39, 0.29) is 16.6 Å². The molecule has 1 unspecified atom stereocenters. The van der Waals surface area contributed by atoms with Crippen LogP contribution in [0, 0.1) is 11.7 Å². The van der Waals surface area contributed by atoms with Gasteiger partial charge in [0.05, 0.1) is 4.47 Å². The summed E-state index contributed by atoms with van der Waals surface area (Å²) in [6.07, 6.45) is 2.15. The first-order valence-electron chi connectivity index (χ1n) is 6.36. The fourth-order valence-corrected chi connectivity index (χ4v) is 3.18. The van der Waals surface area contributed by atoms with E-state index < -0.39 is 0 Å². The van der Waals surface area contributed by atoms with E-state index >= 15 is 0 Å². The van der Waals surface area contributed by atoms with Gasteiger partial charge in [-0.05, 0) is 40.0 Å². The monoisotopic (exact) mass is 393 g/mol. The lowest BCUT2D eigenvalue weighted by Crippen LogP contribution is -2.32. The molecule has 0 radical (unpaired) electrons. The van der Waals surface area contributed by atoms with Crippen molar-refractivity contribution in [2.45, 2.75) is 31.5 Å². The summed E-state index contributed by atoms with van der Waals surface area (Å²) in [6, 6.07) is 4.26. The number of rotatable bonds is 6. The molecular weight excluding hydrogens is 377 g/mol. The van der Waals surface area contributed by atoms with Crippen molar-refractivity contribution in [2.75, 3.05) is 6.54 Å². The van der Waals surface area contributed by atoms with E-state index in [1.807, 2.05) is 0 Å². The number of carbonyl (C=O) groups excluding carboxylic acids is 1. The van der Waals surface area contributed by atoms with Crippen molar-refractivity contribution >= 4 is 37.8 Å². The molecule has 0 bridgehead atoms. The van der Waals surface area contributed by atoms with E-state index in [0.29, 0.717) is 22.5 Å². The van der Waals surface area contributed by atoms with Gasteiger partial charge in [-0.2, -0.15) is 0 Å². The van der Waals surface area contributed by atoms with E-state index in [4.69, 9.17) is 0 Å². The van der Waals surface area contributed by atoms with Crippen molar-refractivity contribution in [3.8, 4) is 0 Å². The normalized spacial score (nSPS) is 12.5. The quantitative estimate of drug-likeness (QED) is 0.706. The number of halogens is 3. The zero-order valence-electron chi connectivity index (χ0n) is 11.1. The smallest absolute Gasteiger partial charge is 0.251 e. The zero-order valence-corrected chi connectivity index (χ0v) is 14.2. The Kier molecular flexibility index (Phi) is 7.00. The lowest BCUT2D eigenvalue weighted by molar-refractivity contribution is 0.0952. The highest BCUT2D eigenvalue weighted by molar-refractivity contribution is 9.10. The van der Waals surface area contributed by atoms with Crippen LogP contribution in [-0.4, -0.2) is 17.3 Å². The van der Waals surface area contributed by atoms with Crippen LogP contribution < -0.4 is 5.32 Å². The molecule has 1 atom stereocenters. The molecular formula is C14H18Br2FNO. The van der Waals surface area contributed by atoms with Crippen LogP contribution in [0.5, 0.6) is 0 Å². The Morgan fingerprint density at radius 1 is 1.37 bits per heavy atom. The summed E-state index contributed by atoms with van der Waals surface area (Å²) < 4.78 is 13.4. The van der Waals surface area contributed by atoms with Gasteiger partial charge in [0.15, 0.2) is 0 Å². The third-order valence-electron chi connectivity index (χ3n) is 3.20. The van der Waals surface area contributed by atoms with Crippen molar-refractivity contribution < 1.29 is 9.18 Å². The Hall–Kier alpha value is -0.420. The summed E-state index contributed by atoms with van der Waals surface area (Å²) in [5.41, 5.74) is 0.456. The molecule has 0 aliphatic rings. The van der Waals surface area contributed by atoms with Crippen LogP contribution in [0.15, 0.2) is 22.7 Å². The first-order valence-corrected chi connectivity index (χ1v) is 8.07. The summed E-state index contributed by atoms with van der Waals surface area (Å²) in [7, 11) is 0. The van der Waals surface area contributed by atoms with Gasteiger partial charge in [0.2, 0.25) is 0 Å². The topological polar surface area (TPSA) is 29.1 Å². The van der Waals surface area contributed by atoms with Crippen molar-refractivity contribution in [1.29, 1.82) is 0 Å². The van der Waals surface area contributed by atoms with Crippen LogP contribution in [0.1, 0.15) is 37.0 Å². The molecule has 0 saturated heterocycles. The number of benzene rings is 1. The highest BCUT2D eigenvalue weighted by Gasteiger charge is 2.16. The van der Waals surface area contributed by atoms with Gasteiger partial charge in [-0.25, -0.2) is 4.39 Å². The molecule has 2 nitrogen and oxygen atoms in total. The number of carbonyl (C=O) groups is 1. The molecule has 0 heterocycles. The highest BCUT2D eigenvalue weighted by Crippen LogP contribution is 2.20. The van der Waals surface area contributed by atoms with Gasteiger partial charge in [-0.15, -0.1) is 0 Å². The number of hydrogen-bond donors (Lipinski definition) is 1. The third kappa shape index (κ3) is 4.88. The average molecular weight is 395 g/mol. The van der Waals surface area contributed by atoms with Crippen LogP contribution in [0.4, 0.5) is 4.39 Å². The second-order valence-corrected chi connectivity index (χ2v) is 6.46. The summed E-state index contributed by atoms with van der Waals surface area (Å²) in [4.78, 5) is 12.2. The van der Waals surface area contributed by atoms with E-state index in [9.17, 15) is 9.18 Å². The minimum Gasteiger partial charge on any atom is -0.351 e. The SMILES string of the molecule is CCC(CC)C(Br)CNC(=O)c1ccc(F)c(Br)c1. The number of amides is 1. The highest BCUT2D eigenvalue weighted by atomic mass is 79.9. The Bertz CT molecular complexity index is 435. The van der Waals surface area contributed by atoms with Crippen LogP contribution in [-0.2, 0) is 0 Å². The third-order valence-corrected chi connectivity index (χ3v) is 4.88. The van der Waals surface area contributed by atoms with Crippen LogP contribution in [0.3, 0.4) is 0 Å². The minimum absolute atomic E-state index is 0.184. The lowest BCUT2D eigenvalue weighted by Gasteiger charge is -2.19. The second kappa shape index (κ2) is 8.00. The molecule has 0 spiro atoms. The van der Waals surface area contributed by atoms with Gasteiger partial charge in [0.1, 0.15) is 5.82 Å². The van der Waals surface area contributed by atoms with Crippen molar-refractivity contribution in [3.63, 3.8) is 0 Å². The molecule has 1 aromatic carbocycles. The summed E-state index contributed by atoms with van der Waals surface area (Å²) in [5, 5.41) is 2.87. The molecule has 0 aliphatic carbocycles. The Morgan fingerprint density at radius 3 is 2.53 bits per heavy atom. The Balaban J connectivity index is 2.58. The molecule has 5 heteroatoms. The standard InChI is InChI=1S/C14H18Br2FNO/c1-3-9(4-2)12(16)8-18-14(19)10-5-6-13(17)11(15)7-10/h5-7,9,12H,3-4,8H2,1-2H3,(H,18,19). The van der Waals surface area contributed by atoms with Gasteiger partial charge < -0.3 is 5.32 Å². The summed E-state index contributed by atoms with van der Waals surface area (Å²) in [6.45, 7) is 4.85. The number of nitrogens with one attached hydrogen (secondary N) is 1. The van der Waals surface area contributed by atoms with Gasteiger partial charge >= 0.3 is 0 Å². The van der Waals surface area contributed by atoms with E-state index in [0.717, 1.165) is 12.8 Å². The Labute approximate surface area is 130 Å². The molecule has 0 aromatic heterocycles. The van der Waals surface area contributed by atoms with E-state index in [2.05, 4.69) is 51.0 Å². The maximum atomic E-state index is 13.1. The van der Waals surface area contributed by atoms with Crippen LogP contribution in [0.25, 0.3) is 0 Å². The second-order valence-electron chi connectivity index (χ2n) is 4.43. The van der Waals surface area contributed by atoms with Crippen LogP contribution >= 0.6 is 31.9 Å². The van der Waals surface area contributed by atoms with Crippen molar-refractivity contribution in [1.82, 2.24) is 5.32 Å². The first-order chi connectivity index (χ1) is 8.99. The predicted octanol–water partition coefficient (Wildman–Crippen LogP) is 4.52. The summed E-state index contributed by atoms with van der Waals surface area (Å²) >= 11 is 6.68. The first kappa shape index (κ1) is 16.6. The molecule has 0 aliphatic heterocycles. The molecule has 0 fully saturated rings. The number of alkyl halides is 1. The minimum atomic E-state index is -0.369. The lowest BCUT2D eigenvalue weighted by atomic mass is 9.99. The predicted molar refractivity (Wildman–Crippen MR) is 83.2 cm³/mol. The number of hydrogen-bond acceptors (Lipinski definition) is 1. The molecule has 1 N–H and O–H groups in total. The van der Waals surface area contributed by atoms with E-state index in [1.54, 1.807) is 0 Å². The molecule has 1 rings (SSSR count). The van der Waals surface area contributed by atoms with Gasteiger partial charge in [0, 0.05) is 16.9 Å². The maximum absolute atomic E-state index is 13.1. The molecule has 1 amide bonds. The average Bonchev–Trinajstić information content (AvgIpc) is 2.40. The molecule has 1 aromatic rings. The Morgan fingerprint density at radius 2 is 2.00 bits per heavy atom. The van der Waals surface area contributed by atoms with Gasteiger partial charge in [0.25, 0.3) is 5.91 Å². The van der Waals surface area contributed by atoms with Crippen LogP contribution in [0.2, 0.25) is 0 Å². The molecule has 0 saturated carbocycles. The fraction of sp³-hybridized carbons (Fsp3) is 0.500. The van der Waals surface area contributed by atoms with E-state index in [1.165, 1.54) is 18.2 Å². The van der Waals surface area contributed by atoms with Gasteiger partial charge in [-0.3, -0.25) is 4.79 Å². The van der Waals surface area contributed by atoms with Crippen molar-refractivity contribution in [3.05, 3.63) is 34.1 Å². The van der Waals surface area contributed by atoms with Crippen molar-refractivity contribution in [2.24, 2.45) is 5.92 Å². The summed E-state index contributed by atoms with van der Waals surface area (Å²) in [5.74, 6) is -0.0108. The fourth-order valence-electron chi connectivity index (χ4n) is 1.90. The zero-order chi connectivity index (χ0) is 14.4.